The number of nitrogens with zero attached hydrogens (tertiary/aromatic N) is 4. The van der Waals surface area contributed by atoms with E-state index < -0.39 is 0 Å². The van der Waals surface area contributed by atoms with Gasteiger partial charge in [-0.1, -0.05) is 22.8 Å². The molecule has 2 unspecified atom stereocenters. The van der Waals surface area contributed by atoms with Gasteiger partial charge in [0.05, 0.1) is 5.69 Å². The van der Waals surface area contributed by atoms with Crippen molar-refractivity contribution in [2.24, 2.45) is 4.99 Å². The maximum Gasteiger partial charge on any atom is 0.193 e. The number of nitrogens with one attached hydrogen (secondary N) is 1. The zero-order valence-corrected chi connectivity index (χ0v) is 19.7. The van der Waals surface area contributed by atoms with Crippen molar-refractivity contribution in [3.63, 3.8) is 0 Å². The van der Waals surface area contributed by atoms with Crippen LogP contribution in [0.15, 0.2) is 33.8 Å². The molecule has 2 atom stereocenters. The van der Waals surface area contributed by atoms with Crippen LogP contribution in [0.2, 0.25) is 5.02 Å². The first-order chi connectivity index (χ1) is 13.5. The average Bonchev–Trinajstić information content (AvgIpc) is 3.31. The number of guanidine groups is 1. The normalized spacial score (nSPS) is 22.3. The molecule has 2 fully saturated rings. The average molecular weight is 534 g/mol. The van der Waals surface area contributed by atoms with E-state index in [-0.39, 0.29) is 41.8 Å². The highest BCUT2D eigenvalue weighted by molar-refractivity contribution is 14.0. The summed E-state index contributed by atoms with van der Waals surface area (Å²) in [5.41, 5.74) is 1.58. The van der Waals surface area contributed by atoms with Crippen molar-refractivity contribution < 1.29 is 8.91 Å². The van der Waals surface area contributed by atoms with E-state index in [1.165, 1.54) is 6.07 Å². The summed E-state index contributed by atoms with van der Waals surface area (Å²) in [6.45, 7) is 6.33. The summed E-state index contributed by atoms with van der Waals surface area (Å²) in [4.78, 5) is 9.05. The molecular formula is C20H26ClFIN5O. The second-order valence-corrected chi connectivity index (χ2v) is 7.87. The van der Waals surface area contributed by atoms with Gasteiger partial charge in [-0.3, -0.25) is 9.89 Å². The molecule has 1 aromatic carbocycles. The van der Waals surface area contributed by atoms with Gasteiger partial charge in [-0.15, -0.1) is 24.0 Å². The molecule has 0 spiro atoms. The molecule has 1 N–H and O–H groups in total. The lowest BCUT2D eigenvalue weighted by molar-refractivity contribution is 0.169. The van der Waals surface area contributed by atoms with E-state index in [1.54, 1.807) is 19.2 Å². The Bertz CT molecular complexity index is 848. The third-order valence-electron chi connectivity index (χ3n) is 5.42. The quantitative estimate of drug-likeness (QED) is 0.370. The number of hydrogen-bond donors (Lipinski definition) is 1. The van der Waals surface area contributed by atoms with Gasteiger partial charge in [-0.2, -0.15) is 0 Å². The Hall–Kier alpha value is -1.39. The molecule has 2 heterocycles. The summed E-state index contributed by atoms with van der Waals surface area (Å²) in [6.07, 6.45) is 0.866. The number of piperazine rings is 1. The van der Waals surface area contributed by atoms with E-state index in [0.29, 0.717) is 10.6 Å². The van der Waals surface area contributed by atoms with Crippen LogP contribution in [0.1, 0.15) is 29.4 Å². The largest absolute Gasteiger partial charge is 0.361 e. The summed E-state index contributed by atoms with van der Waals surface area (Å²) >= 11 is 6.21. The summed E-state index contributed by atoms with van der Waals surface area (Å²) in [5.74, 6) is 1.58. The zero-order chi connectivity index (χ0) is 19.7. The number of rotatable bonds is 4. The van der Waals surface area contributed by atoms with E-state index in [9.17, 15) is 4.39 Å². The number of aromatic nitrogens is 1. The Morgan fingerprint density at radius 1 is 1.34 bits per heavy atom. The lowest BCUT2D eigenvalue weighted by Gasteiger charge is -2.36. The van der Waals surface area contributed by atoms with Crippen molar-refractivity contribution in [1.29, 1.82) is 0 Å². The Balaban J connectivity index is 0.00000240. The van der Waals surface area contributed by atoms with Gasteiger partial charge in [0.2, 0.25) is 0 Å². The molecule has 6 nitrogen and oxygen atoms in total. The maximum absolute atomic E-state index is 14.1. The van der Waals surface area contributed by atoms with Crippen molar-refractivity contribution in [2.45, 2.75) is 31.8 Å². The minimum atomic E-state index is -0.228. The SMILES string of the molecule is CN=C(NC1CC1c1c(F)cccc1Cl)N1CCN(Cc2cc(C)on2)CC1.I. The Morgan fingerprint density at radius 2 is 2.10 bits per heavy atom. The van der Waals surface area contributed by atoms with E-state index >= 15 is 0 Å². The number of halogens is 3. The fourth-order valence-electron chi connectivity index (χ4n) is 3.84. The highest BCUT2D eigenvalue weighted by atomic mass is 127. The highest BCUT2D eigenvalue weighted by Crippen LogP contribution is 2.45. The van der Waals surface area contributed by atoms with Gasteiger partial charge < -0.3 is 14.7 Å². The predicted octanol–water partition coefficient (Wildman–Crippen LogP) is 3.64. The Labute approximate surface area is 192 Å². The van der Waals surface area contributed by atoms with Crippen LogP contribution in [0.5, 0.6) is 0 Å². The van der Waals surface area contributed by atoms with Crippen LogP contribution in [0, 0.1) is 12.7 Å². The first-order valence-corrected chi connectivity index (χ1v) is 9.99. The van der Waals surface area contributed by atoms with Crippen LogP contribution in [0.3, 0.4) is 0 Å². The molecule has 0 bridgehead atoms. The van der Waals surface area contributed by atoms with Crippen molar-refractivity contribution in [3.05, 3.63) is 52.1 Å². The van der Waals surface area contributed by atoms with Crippen LogP contribution in [-0.2, 0) is 6.54 Å². The van der Waals surface area contributed by atoms with Crippen LogP contribution < -0.4 is 5.32 Å². The van der Waals surface area contributed by atoms with E-state index in [0.717, 1.165) is 56.6 Å². The molecule has 1 saturated carbocycles. The minimum absolute atomic E-state index is 0. The second-order valence-electron chi connectivity index (χ2n) is 7.47. The number of aliphatic imine (C=N–C) groups is 1. The fourth-order valence-corrected chi connectivity index (χ4v) is 4.14. The molecule has 4 rings (SSSR count). The van der Waals surface area contributed by atoms with Gasteiger partial charge in [0.15, 0.2) is 5.96 Å². The lowest BCUT2D eigenvalue weighted by Crippen LogP contribution is -2.52. The molecule has 2 aliphatic rings. The van der Waals surface area contributed by atoms with E-state index in [4.69, 9.17) is 16.1 Å². The fraction of sp³-hybridized carbons (Fsp3) is 0.500. The molecule has 2 aromatic rings. The molecular weight excluding hydrogens is 508 g/mol. The Kier molecular flexibility index (Phi) is 7.39. The standard InChI is InChI=1S/C20H25ClFN5O.HI/c1-13-10-14(25-28-13)12-26-6-8-27(9-7-26)20(23-2)24-18-11-15(18)19-16(21)4-3-5-17(19)22;/h3-5,10,15,18H,6-9,11-12H2,1-2H3,(H,23,24);1H. The van der Waals surface area contributed by atoms with Crippen molar-refractivity contribution in [1.82, 2.24) is 20.3 Å². The summed E-state index contributed by atoms with van der Waals surface area (Å²) in [5, 5.41) is 8.06. The van der Waals surface area contributed by atoms with Crippen molar-refractivity contribution >= 4 is 41.5 Å². The molecule has 1 aliphatic carbocycles. The van der Waals surface area contributed by atoms with E-state index in [2.05, 4.69) is 25.3 Å². The maximum atomic E-state index is 14.1. The van der Waals surface area contributed by atoms with Crippen LogP contribution >= 0.6 is 35.6 Å². The van der Waals surface area contributed by atoms with Gasteiger partial charge in [0.25, 0.3) is 0 Å². The summed E-state index contributed by atoms with van der Waals surface area (Å²) < 4.78 is 19.3. The molecule has 158 valence electrons. The molecule has 1 aromatic heterocycles. The van der Waals surface area contributed by atoms with Crippen LogP contribution in [-0.4, -0.2) is 60.2 Å². The molecule has 0 radical (unpaired) electrons. The van der Waals surface area contributed by atoms with Gasteiger partial charge in [-0.25, -0.2) is 4.39 Å². The number of aryl methyl sites for hydroxylation is 1. The number of benzene rings is 1. The zero-order valence-electron chi connectivity index (χ0n) is 16.6. The molecule has 1 saturated heterocycles. The van der Waals surface area contributed by atoms with Crippen molar-refractivity contribution in [2.75, 3.05) is 33.2 Å². The third-order valence-corrected chi connectivity index (χ3v) is 5.75. The van der Waals surface area contributed by atoms with E-state index in [1.807, 2.05) is 13.0 Å². The summed E-state index contributed by atoms with van der Waals surface area (Å²) in [7, 11) is 1.79. The summed E-state index contributed by atoms with van der Waals surface area (Å²) in [6, 6.07) is 7.02. The molecule has 0 amide bonds. The van der Waals surface area contributed by atoms with Crippen LogP contribution in [0.4, 0.5) is 4.39 Å². The molecule has 1 aliphatic heterocycles. The highest BCUT2D eigenvalue weighted by Gasteiger charge is 2.42. The molecule has 29 heavy (non-hydrogen) atoms. The second kappa shape index (κ2) is 9.61. The lowest BCUT2D eigenvalue weighted by atomic mass is 10.1. The predicted molar refractivity (Wildman–Crippen MR) is 123 cm³/mol. The topological polar surface area (TPSA) is 56.9 Å². The number of hydrogen-bond acceptors (Lipinski definition) is 4. The first kappa shape index (κ1) is 22.3. The smallest absolute Gasteiger partial charge is 0.193 e. The van der Waals surface area contributed by atoms with Gasteiger partial charge in [0.1, 0.15) is 11.6 Å². The van der Waals surface area contributed by atoms with Crippen LogP contribution in [0.25, 0.3) is 0 Å². The molecule has 9 heteroatoms. The third kappa shape index (κ3) is 5.21. The van der Waals surface area contributed by atoms with Gasteiger partial charge in [0, 0.05) is 68.4 Å². The van der Waals surface area contributed by atoms with Crippen molar-refractivity contribution in [3.8, 4) is 0 Å². The monoisotopic (exact) mass is 533 g/mol. The minimum Gasteiger partial charge on any atom is -0.361 e. The Morgan fingerprint density at radius 3 is 2.72 bits per heavy atom. The van der Waals surface area contributed by atoms with Gasteiger partial charge in [-0.05, 0) is 25.5 Å². The van der Waals surface area contributed by atoms with Gasteiger partial charge >= 0.3 is 0 Å². The first-order valence-electron chi connectivity index (χ1n) is 9.62.